The molecule has 3 N–H and O–H groups in total. The van der Waals surface area contributed by atoms with E-state index in [0.29, 0.717) is 19.6 Å². The Kier molecular flexibility index (Phi) is 5.52. The zero-order valence-electron chi connectivity index (χ0n) is 10.9. The molecule has 0 fully saturated rings. The molecule has 0 aliphatic rings. The van der Waals surface area contributed by atoms with Gasteiger partial charge in [0.1, 0.15) is 0 Å². The second-order valence-corrected chi connectivity index (χ2v) is 5.69. The van der Waals surface area contributed by atoms with Crippen LogP contribution >= 0.6 is 0 Å². The second-order valence-electron chi connectivity index (χ2n) is 4.19. The number of nitrogens with one attached hydrogen (secondary N) is 1. The summed E-state index contributed by atoms with van der Waals surface area (Å²) in [6.45, 7) is 4.81. The minimum atomic E-state index is -3.92. The maximum Gasteiger partial charge on any atom is 0.287 e. The van der Waals surface area contributed by atoms with Crippen LogP contribution in [0, 0.1) is 0 Å². The lowest BCUT2D eigenvalue weighted by molar-refractivity contribution is 0.0752. The molecule has 8 heteroatoms. The lowest BCUT2D eigenvalue weighted by atomic mass is 10.4. The van der Waals surface area contributed by atoms with Crippen molar-refractivity contribution >= 4 is 15.9 Å². The van der Waals surface area contributed by atoms with Crippen LogP contribution < -0.4 is 10.5 Å². The molecule has 0 saturated heterocycles. The first-order valence-corrected chi connectivity index (χ1v) is 7.38. The quantitative estimate of drug-likeness (QED) is 0.709. The summed E-state index contributed by atoms with van der Waals surface area (Å²) in [7, 11) is -3.92. The van der Waals surface area contributed by atoms with Crippen molar-refractivity contribution in [2.75, 3.05) is 13.2 Å². The summed E-state index contributed by atoms with van der Waals surface area (Å²) in [5.74, 6) is -0.576. The molecular formula is C11H18N2O5S. The van der Waals surface area contributed by atoms with Crippen LogP contribution in [-0.4, -0.2) is 33.6 Å². The molecule has 19 heavy (non-hydrogen) atoms. The van der Waals surface area contributed by atoms with E-state index in [4.69, 9.17) is 14.3 Å². The predicted molar refractivity (Wildman–Crippen MR) is 68.1 cm³/mol. The molecule has 108 valence electrons. The zero-order chi connectivity index (χ0) is 14.5. The van der Waals surface area contributed by atoms with Gasteiger partial charge in [0.05, 0.1) is 6.10 Å². The molecule has 0 unspecified atom stereocenters. The van der Waals surface area contributed by atoms with Gasteiger partial charge in [0.15, 0.2) is 5.76 Å². The van der Waals surface area contributed by atoms with E-state index in [1.807, 2.05) is 13.8 Å². The fraction of sp³-hybridized carbons (Fsp3) is 0.545. The second kappa shape index (κ2) is 6.69. The molecule has 1 amide bonds. The number of nitrogens with two attached hydrogens (primary N) is 1. The number of primary sulfonamides is 1. The monoisotopic (exact) mass is 290 g/mol. The molecule has 1 rings (SSSR count). The van der Waals surface area contributed by atoms with Crippen molar-refractivity contribution < 1.29 is 22.4 Å². The lowest BCUT2D eigenvalue weighted by Gasteiger charge is -2.07. The number of carbonyl (C=O) groups excluding carboxylic acids is 1. The van der Waals surface area contributed by atoms with Gasteiger partial charge in [0.25, 0.3) is 15.9 Å². The molecule has 0 aromatic carbocycles. The van der Waals surface area contributed by atoms with E-state index >= 15 is 0 Å². The highest BCUT2D eigenvalue weighted by Crippen LogP contribution is 2.11. The third-order valence-electron chi connectivity index (χ3n) is 2.14. The molecular weight excluding hydrogens is 272 g/mol. The van der Waals surface area contributed by atoms with Crippen LogP contribution in [0.2, 0.25) is 0 Å². The van der Waals surface area contributed by atoms with Crippen LogP contribution in [-0.2, 0) is 14.8 Å². The summed E-state index contributed by atoms with van der Waals surface area (Å²) in [5.41, 5.74) is 0. The molecule has 1 heterocycles. The topological polar surface area (TPSA) is 112 Å². The normalized spacial score (nSPS) is 11.8. The smallest absolute Gasteiger partial charge is 0.287 e. The highest BCUT2D eigenvalue weighted by atomic mass is 32.2. The Labute approximate surface area is 112 Å². The van der Waals surface area contributed by atoms with Crippen LogP contribution in [0.3, 0.4) is 0 Å². The molecule has 1 aromatic rings. The average molecular weight is 290 g/mol. The minimum absolute atomic E-state index is 0.0891. The molecule has 0 aliphatic heterocycles. The third kappa shape index (κ3) is 5.41. The Morgan fingerprint density at radius 1 is 1.47 bits per heavy atom. The number of rotatable bonds is 7. The predicted octanol–water partition coefficient (Wildman–Crippen LogP) is 0.472. The van der Waals surface area contributed by atoms with E-state index in [1.165, 1.54) is 6.07 Å². The molecule has 0 bridgehead atoms. The van der Waals surface area contributed by atoms with Gasteiger partial charge in [-0.3, -0.25) is 4.79 Å². The van der Waals surface area contributed by atoms with E-state index in [9.17, 15) is 13.2 Å². The Morgan fingerprint density at radius 3 is 2.68 bits per heavy atom. The van der Waals surface area contributed by atoms with Gasteiger partial charge in [-0.15, -0.1) is 0 Å². The number of hydrogen-bond donors (Lipinski definition) is 2. The maximum absolute atomic E-state index is 11.6. The molecule has 0 radical (unpaired) electrons. The van der Waals surface area contributed by atoms with Crippen molar-refractivity contribution in [3.63, 3.8) is 0 Å². The summed E-state index contributed by atoms with van der Waals surface area (Å²) >= 11 is 0. The molecule has 0 atom stereocenters. The van der Waals surface area contributed by atoms with Gasteiger partial charge in [0, 0.05) is 13.2 Å². The average Bonchev–Trinajstić information content (AvgIpc) is 2.76. The van der Waals surface area contributed by atoms with Gasteiger partial charge in [0.2, 0.25) is 5.09 Å². The Balaban J connectivity index is 2.40. The van der Waals surface area contributed by atoms with Crippen molar-refractivity contribution in [1.82, 2.24) is 5.32 Å². The zero-order valence-corrected chi connectivity index (χ0v) is 11.7. The summed E-state index contributed by atoms with van der Waals surface area (Å²) in [5, 5.41) is 7.03. The molecule has 7 nitrogen and oxygen atoms in total. The van der Waals surface area contributed by atoms with E-state index in [-0.39, 0.29) is 11.9 Å². The number of hydrogen-bond acceptors (Lipinski definition) is 5. The molecule has 1 aromatic heterocycles. The summed E-state index contributed by atoms with van der Waals surface area (Å²) < 4.78 is 32.1. The van der Waals surface area contributed by atoms with Gasteiger partial charge in [-0.2, -0.15) is 0 Å². The highest BCUT2D eigenvalue weighted by molar-refractivity contribution is 7.89. The van der Waals surface area contributed by atoms with Crippen molar-refractivity contribution in [3.8, 4) is 0 Å². The van der Waals surface area contributed by atoms with Gasteiger partial charge >= 0.3 is 0 Å². The van der Waals surface area contributed by atoms with E-state index in [1.54, 1.807) is 0 Å². The van der Waals surface area contributed by atoms with E-state index in [0.717, 1.165) is 6.07 Å². The third-order valence-corrected chi connectivity index (χ3v) is 2.92. The first kappa shape index (κ1) is 15.7. The van der Waals surface area contributed by atoms with Crippen molar-refractivity contribution in [1.29, 1.82) is 0 Å². The van der Waals surface area contributed by atoms with Gasteiger partial charge < -0.3 is 14.5 Å². The fourth-order valence-corrected chi connectivity index (χ4v) is 1.74. The van der Waals surface area contributed by atoms with Crippen molar-refractivity contribution in [3.05, 3.63) is 17.9 Å². The fourth-order valence-electron chi connectivity index (χ4n) is 1.28. The number of sulfonamides is 1. The largest absolute Gasteiger partial charge is 0.438 e. The van der Waals surface area contributed by atoms with Crippen LogP contribution in [0.15, 0.2) is 21.6 Å². The van der Waals surface area contributed by atoms with Crippen molar-refractivity contribution in [2.24, 2.45) is 5.14 Å². The molecule has 0 spiro atoms. The Bertz CT molecular complexity index is 521. The number of ether oxygens (including phenoxy) is 1. The van der Waals surface area contributed by atoms with E-state index in [2.05, 4.69) is 5.32 Å². The molecule has 0 aliphatic carbocycles. The summed E-state index contributed by atoms with van der Waals surface area (Å²) in [6, 6.07) is 2.41. The number of furan rings is 1. The van der Waals surface area contributed by atoms with Gasteiger partial charge in [-0.05, 0) is 32.4 Å². The SMILES string of the molecule is CC(C)OCCCNC(=O)c1ccc(S(N)(=O)=O)o1. The highest BCUT2D eigenvalue weighted by Gasteiger charge is 2.16. The van der Waals surface area contributed by atoms with Crippen molar-refractivity contribution in [2.45, 2.75) is 31.5 Å². The van der Waals surface area contributed by atoms with Crippen LogP contribution in [0.4, 0.5) is 0 Å². The van der Waals surface area contributed by atoms with Crippen LogP contribution in [0.1, 0.15) is 30.8 Å². The van der Waals surface area contributed by atoms with E-state index < -0.39 is 21.0 Å². The minimum Gasteiger partial charge on any atom is -0.438 e. The standard InChI is InChI=1S/C11H18N2O5S/c1-8(2)17-7-3-6-13-11(14)9-4-5-10(18-9)19(12,15)16/h4-5,8H,3,6-7H2,1-2H3,(H,13,14)(H2,12,15,16). The van der Waals surface area contributed by atoms with Crippen LogP contribution in [0.25, 0.3) is 0 Å². The van der Waals surface area contributed by atoms with Gasteiger partial charge in [-0.1, -0.05) is 0 Å². The molecule has 0 saturated carbocycles. The Morgan fingerprint density at radius 2 is 2.16 bits per heavy atom. The lowest BCUT2D eigenvalue weighted by Crippen LogP contribution is -2.25. The van der Waals surface area contributed by atoms with Crippen LogP contribution in [0.5, 0.6) is 0 Å². The first-order valence-electron chi connectivity index (χ1n) is 5.83. The number of carbonyl (C=O) groups is 1. The maximum atomic E-state index is 11.6. The van der Waals surface area contributed by atoms with Gasteiger partial charge in [-0.25, -0.2) is 13.6 Å². The Hall–Kier alpha value is -1.38. The number of amides is 1. The first-order chi connectivity index (χ1) is 8.80. The summed E-state index contributed by atoms with van der Waals surface area (Å²) in [6.07, 6.45) is 0.810. The summed E-state index contributed by atoms with van der Waals surface area (Å²) in [4.78, 5) is 11.6.